The summed E-state index contributed by atoms with van der Waals surface area (Å²) in [5, 5.41) is 0. The molecule has 3 heteroatoms. The molecule has 2 nitrogen and oxygen atoms in total. The van der Waals surface area contributed by atoms with E-state index in [0.717, 1.165) is 16.9 Å². The van der Waals surface area contributed by atoms with Crippen LogP contribution in [-0.4, -0.2) is 9.38 Å². The normalized spacial score (nSPS) is 10.2. The van der Waals surface area contributed by atoms with Gasteiger partial charge >= 0.3 is 0 Å². The summed E-state index contributed by atoms with van der Waals surface area (Å²) in [6.07, 6.45) is 5.15. The number of benzene rings is 1. The third-order valence-electron chi connectivity index (χ3n) is 2.68. The summed E-state index contributed by atoms with van der Waals surface area (Å²) in [4.78, 5) is 4.61. The first kappa shape index (κ1) is 12.5. The molecule has 81 valence electrons. The molecule has 3 rings (SSSR count). The zero-order valence-corrected chi connectivity index (χ0v) is 12.4. The van der Waals surface area contributed by atoms with Crippen LogP contribution in [0.5, 0.6) is 0 Å². The maximum atomic E-state index is 4.61. The Morgan fingerprint density at radius 2 is 1.88 bits per heavy atom. The molecule has 1 radical (unpaired) electrons. The number of pyridine rings is 1. The molecule has 1 aromatic carbocycles. The van der Waals surface area contributed by atoms with Crippen LogP contribution in [0.3, 0.4) is 0 Å². The smallest absolute Gasteiger partial charge is 0.0478 e. The molecule has 0 saturated carbocycles. The van der Waals surface area contributed by atoms with Gasteiger partial charge in [0, 0.05) is 44.1 Å². The quantitative estimate of drug-likeness (QED) is 0.631. The largest absolute Gasteiger partial charge is 0.426 e. The number of aryl methyl sites for hydroxylation is 1. The van der Waals surface area contributed by atoms with Crippen LogP contribution in [0, 0.1) is 13.1 Å². The summed E-state index contributed by atoms with van der Waals surface area (Å²) in [6, 6.07) is 14.1. The second-order valence-electron chi connectivity index (χ2n) is 3.83. The first-order chi connectivity index (χ1) is 7.84. The van der Waals surface area contributed by atoms with E-state index >= 15 is 0 Å². The maximum absolute atomic E-state index is 4.61. The van der Waals surface area contributed by atoms with Gasteiger partial charge in [0.1, 0.15) is 0 Å². The van der Waals surface area contributed by atoms with Crippen LogP contribution in [0.25, 0.3) is 16.9 Å². The molecule has 0 aliphatic carbocycles. The predicted octanol–water partition coefficient (Wildman–Crippen LogP) is 3.11. The van der Waals surface area contributed by atoms with Crippen molar-refractivity contribution >= 4 is 5.65 Å². The summed E-state index contributed by atoms with van der Waals surface area (Å²) in [6.45, 7) is 2.06. The fourth-order valence-electron chi connectivity index (χ4n) is 1.82. The zero-order chi connectivity index (χ0) is 11.0. The van der Waals surface area contributed by atoms with E-state index in [1.807, 2.05) is 40.9 Å². The van der Waals surface area contributed by atoms with Crippen molar-refractivity contribution in [2.75, 3.05) is 0 Å². The number of hydrogen-bond acceptors (Lipinski definition) is 1. The average molecular weight is 296 g/mol. The van der Waals surface area contributed by atoms with Crippen LogP contribution in [0.15, 0.2) is 48.7 Å². The van der Waals surface area contributed by atoms with E-state index in [1.165, 1.54) is 5.56 Å². The van der Waals surface area contributed by atoms with Crippen LogP contribution >= 0.6 is 0 Å². The van der Waals surface area contributed by atoms with Gasteiger partial charge in [-0.25, -0.2) is 0 Å². The summed E-state index contributed by atoms with van der Waals surface area (Å²) in [7, 11) is 0. The van der Waals surface area contributed by atoms with E-state index in [2.05, 4.69) is 30.2 Å². The number of imidazole rings is 1. The van der Waals surface area contributed by atoms with Crippen molar-refractivity contribution in [2.24, 2.45) is 0 Å². The van der Waals surface area contributed by atoms with E-state index in [-0.39, 0.29) is 32.7 Å². The van der Waals surface area contributed by atoms with Crippen LogP contribution in [0.1, 0.15) is 5.56 Å². The van der Waals surface area contributed by atoms with E-state index in [0.29, 0.717) is 0 Å². The van der Waals surface area contributed by atoms with Crippen molar-refractivity contribution in [3.8, 4) is 11.3 Å². The Hall–Kier alpha value is -0.986. The minimum atomic E-state index is 0. The molecule has 0 spiro atoms. The standard InChI is InChI=1S/C14H11N2.Y/c1-11-6-5-9-16-10-13(15-14(11)16)12-7-3-2-4-8-12;/h2-8,10H,1H3;/q-1;. The van der Waals surface area contributed by atoms with Gasteiger partial charge in [-0.2, -0.15) is 0 Å². The van der Waals surface area contributed by atoms with Crippen molar-refractivity contribution in [3.63, 3.8) is 0 Å². The molecule has 0 saturated heterocycles. The van der Waals surface area contributed by atoms with Crippen LogP contribution in [-0.2, 0) is 32.7 Å². The Morgan fingerprint density at radius 3 is 2.59 bits per heavy atom. The Balaban J connectivity index is 0.00000108. The number of fused-ring (bicyclic) bond motifs is 1. The van der Waals surface area contributed by atoms with Crippen molar-refractivity contribution in [1.82, 2.24) is 9.38 Å². The molecule has 0 unspecified atom stereocenters. The van der Waals surface area contributed by atoms with Crippen molar-refractivity contribution in [2.45, 2.75) is 6.92 Å². The number of aromatic nitrogens is 2. The summed E-state index contributed by atoms with van der Waals surface area (Å²) < 4.78 is 1.94. The van der Waals surface area contributed by atoms with Gasteiger partial charge in [0.15, 0.2) is 0 Å². The third-order valence-corrected chi connectivity index (χ3v) is 2.68. The Bertz CT molecular complexity index is 629. The number of hydrogen-bond donors (Lipinski definition) is 0. The van der Waals surface area contributed by atoms with Gasteiger partial charge in [0.05, 0.1) is 0 Å². The van der Waals surface area contributed by atoms with Crippen molar-refractivity contribution in [1.29, 1.82) is 0 Å². The van der Waals surface area contributed by atoms with Gasteiger partial charge in [-0.1, -0.05) is 49.0 Å². The maximum Gasteiger partial charge on any atom is 0.0478 e. The number of rotatable bonds is 1. The van der Waals surface area contributed by atoms with Gasteiger partial charge in [-0.3, -0.25) is 4.98 Å². The topological polar surface area (TPSA) is 17.3 Å². The Labute approximate surface area is 126 Å². The van der Waals surface area contributed by atoms with Crippen LogP contribution in [0.4, 0.5) is 0 Å². The molecule has 3 aromatic rings. The zero-order valence-electron chi connectivity index (χ0n) is 9.59. The van der Waals surface area contributed by atoms with E-state index in [9.17, 15) is 0 Å². The monoisotopic (exact) mass is 296 g/mol. The van der Waals surface area contributed by atoms with E-state index in [1.54, 1.807) is 0 Å². The van der Waals surface area contributed by atoms with Gasteiger partial charge in [-0.15, -0.1) is 12.1 Å². The molecule has 2 aromatic heterocycles. The van der Waals surface area contributed by atoms with Gasteiger partial charge in [-0.05, 0) is 11.8 Å². The molecule has 0 fully saturated rings. The third kappa shape index (κ3) is 2.33. The van der Waals surface area contributed by atoms with Gasteiger partial charge in [0.2, 0.25) is 0 Å². The fraction of sp³-hybridized carbons (Fsp3) is 0.0714. The van der Waals surface area contributed by atoms with Gasteiger partial charge < -0.3 is 4.40 Å². The summed E-state index contributed by atoms with van der Waals surface area (Å²) in [5.74, 6) is 0. The molecular weight excluding hydrogens is 285 g/mol. The first-order valence-corrected chi connectivity index (χ1v) is 5.26. The molecule has 2 heterocycles. The molecule has 0 atom stereocenters. The summed E-state index contributed by atoms with van der Waals surface area (Å²) >= 11 is 0. The Kier molecular flexibility index (Phi) is 3.75. The van der Waals surface area contributed by atoms with E-state index < -0.39 is 0 Å². The molecule has 17 heavy (non-hydrogen) atoms. The Morgan fingerprint density at radius 1 is 1.12 bits per heavy atom. The predicted molar refractivity (Wildman–Crippen MR) is 64.2 cm³/mol. The second-order valence-corrected chi connectivity index (χ2v) is 3.83. The van der Waals surface area contributed by atoms with Crippen LogP contribution < -0.4 is 0 Å². The fourth-order valence-corrected chi connectivity index (χ4v) is 1.82. The van der Waals surface area contributed by atoms with Crippen molar-refractivity contribution in [3.05, 3.63) is 60.4 Å². The van der Waals surface area contributed by atoms with E-state index in [4.69, 9.17) is 0 Å². The number of nitrogens with zero attached hydrogens (tertiary/aromatic N) is 2. The van der Waals surface area contributed by atoms with Gasteiger partial charge in [0.25, 0.3) is 0 Å². The molecule has 0 aliphatic heterocycles. The minimum Gasteiger partial charge on any atom is -0.426 e. The van der Waals surface area contributed by atoms with Crippen LogP contribution in [0.2, 0.25) is 0 Å². The SMILES string of the molecule is Cc1cc[c-]n2cc(-c3ccccc3)nc12.[Y]. The summed E-state index contributed by atoms with van der Waals surface area (Å²) in [5.41, 5.74) is 4.27. The molecule has 0 bridgehead atoms. The van der Waals surface area contributed by atoms with Crippen molar-refractivity contribution < 1.29 is 32.7 Å². The molecular formula is C14H11N2Y-. The molecule has 0 N–H and O–H groups in total. The second kappa shape index (κ2) is 5.11. The molecule has 0 aliphatic rings. The average Bonchev–Trinajstić information content (AvgIpc) is 2.76. The minimum absolute atomic E-state index is 0. The first-order valence-electron chi connectivity index (χ1n) is 5.26. The molecule has 0 amide bonds.